The molecule has 0 saturated carbocycles. The van der Waals surface area contributed by atoms with E-state index in [1.807, 2.05) is 24.3 Å². The van der Waals surface area contributed by atoms with E-state index in [0.29, 0.717) is 35.0 Å². The molecule has 0 unspecified atom stereocenters. The Morgan fingerprint density at radius 3 is 2.52 bits per heavy atom. The van der Waals surface area contributed by atoms with E-state index in [9.17, 15) is 9.90 Å². The quantitative estimate of drug-likeness (QED) is 0.595. The Hall–Kier alpha value is -4.14. The van der Waals surface area contributed by atoms with Crippen LogP contribution < -0.4 is 18.9 Å². The standard InChI is InChI=1S/C24H22N2O7/c1-29-18-7-4-6-13-16-12-15(17-8-5-11-32-17)25-26(16)23(33-21(13)18)14-9-10-19(30-2)22(31-3)20(14)24(27)28/h4-11,16,23H,12H2,1-3H3,(H,27,28)/t16-,23-/m0/s1. The molecule has 0 bridgehead atoms. The zero-order valence-corrected chi connectivity index (χ0v) is 18.3. The minimum atomic E-state index is -1.17. The number of ether oxygens (including phenoxy) is 4. The average Bonchev–Trinajstić information content (AvgIpc) is 3.52. The molecule has 0 saturated heterocycles. The number of hydrogen-bond donors (Lipinski definition) is 1. The lowest BCUT2D eigenvalue weighted by Crippen LogP contribution is -2.35. The lowest BCUT2D eigenvalue weighted by atomic mass is 9.95. The van der Waals surface area contributed by atoms with Crippen LogP contribution >= 0.6 is 0 Å². The maximum atomic E-state index is 12.3. The monoisotopic (exact) mass is 450 g/mol. The first-order valence-electron chi connectivity index (χ1n) is 10.3. The number of carbonyl (C=O) groups is 1. The van der Waals surface area contributed by atoms with Crippen LogP contribution in [-0.2, 0) is 0 Å². The van der Waals surface area contributed by atoms with Gasteiger partial charge in [0, 0.05) is 17.5 Å². The molecular formula is C24H22N2O7. The zero-order valence-electron chi connectivity index (χ0n) is 18.3. The first kappa shape index (κ1) is 20.7. The molecule has 170 valence electrons. The minimum absolute atomic E-state index is 0.0550. The average molecular weight is 450 g/mol. The van der Waals surface area contributed by atoms with Crippen LogP contribution in [0.1, 0.15) is 45.9 Å². The van der Waals surface area contributed by atoms with Gasteiger partial charge in [0.25, 0.3) is 0 Å². The lowest BCUT2D eigenvalue weighted by molar-refractivity contribution is -0.0217. The van der Waals surface area contributed by atoms with Crippen molar-refractivity contribution in [3.63, 3.8) is 0 Å². The molecular weight excluding hydrogens is 428 g/mol. The van der Waals surface area contributed by atoms with Gasteiger partial charge in [-0.15, -0.1) is 0 Å². The summed E-state index contributed by atoms with van der Waals surface area (Å²) in [6.07, 6.45) is 1.30. The van der Waals surface area contributed by atoms with Crippen molar-refractivity contribution >= 4 is 11.7 Å². The fourth-order valence-electron chi connectivity index (χ4n) is 4.41. The number of methoxy groups -OCH3 is 3. The predicted octanol–water partition coefficient (Wildman–Crippen LogP) is 4.25. The highest BCUT2D eigenvalue weighted by Gasteiger charge is 2.44. The molecule has 0 spiro atoms. The molecule has 2 aliphatic heterocycles. The molecule has 0 aliphatic carbocycles. The number of hydrazone groups is 1. The lowest BCUT2D eigenvalue weighted by Gasteiger charge is -2.39. The van der Waals surface area contributed by atoms with Crippen molar-refractivity contribution in [2.24, 2.45) is 5.10 Å². The third-order valence-electron chi connectivity index (χ3n) is 5.86. The van der Waals surface area contributed by atoms with Gasteiger partial charge >= 0.3 is 5.97 Å². The molecule has 0 fully saturated rings. The van der Waals surface area contributed by atoms with Crippen molar-refractivity contribution in [2.75, 3.05) is 21.3 Å². The van der Waals surface area contributed by atoms with Gasteiger partial charge in [-0.05, 0) is 30.3 Å². The van der Waals surface area contributed by atoms with E-state index < -0.39 is 12.2 Å². The molecule has 1 aromatic heterocycles. The Labute approximate surface area is 189 Å². The van der Waals surface area contributed by atoms with Gasteiger partial charge in [0.1, 0.15) is 17.0 Å². The zero-order chi connectivity index (χ0) is 23.1. The Morgan fingerprint density at radius 2 is 1.85 bits per heavy atom. The Morgan fingerprint density at radius 1 is 1.03 bits per heavy atom. The topological polar surface area (TPSA) is 103 Å². The fourth-order valence-corrected chi connectivity index (χ4v) is 4.41. The van der Waals surface area contributed by atoms with Crippen LogP contribution in [0, 0.1) is 0 Å². The summed E-state index contributed by atoms with van der Waals surface area (Å²) in [6, 6.07) is 12.4. The molecule has 0 radical (unpaired) electrons. The number of nitrogens with zero attached hydrogens (tertiary/aromatic N) is 2. The van der Waals surface area contributed by atoms with Crippen molar-refractivity contribution in [3.8, 4) is 23.0 Å². The number of rotatable bonds is 6. The third kappa shape index (κ3) is 3.24. The number of fused-ring (bicyclic) bond motifs is 3. The van der Waals surface area contributed by atoms with Gasteiger partial charge in [0.05, 0.1) is 33.6 Å². The second kappa shape index (κ2) is 8.09. The number of furan rings is 1. The molecule has 3 heterocycles. The Balaban J connectivity index is 1.71. The normalized spacial score (nSPS) is 18.6. The van der Waals surface area contributed by atoms with E-state index in [-0.39, 0.29) is 17.4 Å². The molecule has 2 aliphatic rings. The maximum Gasteiger partial charge on any atom is 0.340 e. The van der Waals surface area contributed by atoms with E-state index in [1.54, 1.807) is 36.6 Å². The summed E-state index contributed by atoms with van der Waals surface area (Å²) in [5.41, 5.74) is 1.96. The van der Waals surface area contributed by atoms with E-state index in [0.717, 1.165) is 11.3 Å². The van der Waals surface area contributed by atoms with Crippen LogP contribution in [0.3, 0.4) is 0 Å². The Bertz CT molecular complexity index is 1240. The summed E-state index contributed by atoms with van der Waals surface area (Å²) in [5, 5.41) is 16.6. The van der Waals surface area contributed by atoms with Crippen LogP contribution in [0.25, 0.3) is 0 Å². The van der Waals surface area contributed by atoms with E-state index in [1.165, 1.54) is 14.2 Å². The van der Waals surface area contributed by atoms with Crippen LogP contribution in [-0.4, -0.2) is 43.1 Å². The first-order chi connectivity index (χ1) is 16.1. The molecule has 9 nitrogen and oxygen atoms in total. The number of carboxylic acids is 1. The molecule has 5 rings (SSSR count). The Kier molecular flexibility index (Phi) is 5.08. The molecule has 9 heteroatoms. The number of carboxylic acid groups (broad SMARTS) is 1. The second-order valence-corrected chi connectivity index (χ2v) is 7.54. The summed E-state index contributed by atoms with van der Waals surface area (Å²) < 4.78 is 28.2. The van der Waals surface area contributed by atoms with Gasteiger partial charge in [0.15, 0.2) is 23.0 Å². The summed E-state index contributed by atoms with van der Waals surface area (Å²) in [7, 11) is 4.43. The molecule has 33 heavy (non-hydrogen) atoms. The van der Waals surface area contributed by atoms with Gasteiger partial charge in [-0.2, -0.15) is 5.10 Å². The van der Waals surface area contributed by atoms with Gasteiger partial charge < -0.3 is 28.5 Å². The third-order valence-corrected chi connectivity index (χ3v) is 5.86. The summed E-state index contributed by atoms with van der Waals surface area (Å²) in [6.45, 7) is 0. The largest absolute Gasteiger partial charge is 0.493 e. The van der Waals surface area contributed by atoms with E-state index in [4.69, 9.17) is 28.5 Å². The van der Waals surface area contributed by atoms with Crippen LogP contribution in [0.5, 0.6) is 23.0 Å². The highest BCUT2D eigenvalue weighted by atomic mass is 16.5. The van der Waals surface area contributed by atoms with Crippen LogP contribution in [0.15, 0.2) is 58.2 Å². The summed E-state index contributed by atoms with van der Waals surface area (Å²) >= 11 is 0. The van der Waals surface area contributed by atoms with Crippen LogP contribution in [0.2, 0.25) is 0 Å². The predicted molar refractivity (Wildman–Crippen MR) is 117 cm³/mol. The second-order valence-electron chi connectivity index (χ2n) is 7.54. The SMILES string of the molecule is COc1cccc2c1O[C@@H](c1ccc(OC)c(OC)c1C(=O)O)N1N=C(c3ccco3)C[C@@H]21. The van der Waals surface area contributed by atoms with E-state index >= 15 is 0 Å². The van der Waals surface area contributed by atoms with Gasteiger partial charge in [-0.1, -0.05) is 12.1 Å². The van der Waals surface area contributed by atoms with Crippen LogP contribution in [0.4, 0.5) is 0 Å². The highest BCUT2D eigenvalue weighted by molar-refractivity contribution is 5.99. The number of aromatic carboxylic acids is 1. The van der Waals surface area contributed by atoms with Crippen molar-refractivity contribution < 1.29 is 33.3 Å². The van der Waals surface area contributed by atoms with Crippen molar-refractivity contribution in [1.29, 1.82) is 0 Å². The van der Waals surface area contributed by atoms with Crippen molar-refractivity contribution in [3.05, 3.63) is 71.2 Å². The highest BCUT2D eigenvalue weighted by Crippen LogP contribution is 2.52. The number of hydrogen-bond acceptors (Lipinski definition) is 8. The molecule has 1 N–H and O–H groups in total. The minimum Gasteiger partial charge on any atom is -0.493 e. The number of para-hydroxylation sites is 1. The van der Waals surface area contributed by atoms with Crippen molar-refractivity contribution in [2.45, 2.75) is 18.7 Å². The summed E-state index contributed by atoms with van der Waals surface area (Å²) in [4.78, 5) is 12.3. The first-order valence-corrected chi connectivity index (χ1v) is 10.3. The molecule has 3 aromatic rings. The van der Waals surface area contributed by atoms with E-state index in [2.05, 4.69) is 0 Å². The molecule has 2 aromatic carbocycles. The molecule has 2 atom stereocenters. The molecule has 0 amide bonds. The maximum absolute atomic E-state index is 12.3. The van der Waals surface area contributed by atoms with Gasteiger partial charge in [-0.3, -0.25) is 0 Å². The summed E-state index contributed by atoms with van der Waals surface area (Å²) in [5.74, 6) is 1.02. The van der Waals surface area contributed by atoms with Crippen molar-refractivity contribution in [1.82, 2.24) is 5.01 Å². The van der Waals surface area contributed by atoms with Gasteiger partial charge in [-0.25, -0.2) is 9.80 Å². The number of benzene rings is 2. The smallest absolute Gasteiger partial charge is 0.340 e. The fraction of sp³-hybridized carbons (Fsp3) is 0.250. The van der Waals surface area contributed by atoms with Gasteiger partial charge in [0.2, 0.25) is 6.23 Å².